The molecule has 0 atom stereocenters. The molecule has 0 aliphatic rings. The number of aryl methyl sites for hydroxylation is 1. The number of ether oxygens (including phenoxy) is 1. The minimum Gasteiger partial charge on any atom is -0.497 e. The van der Waals surface area contributed by atoms with Crippen LogP contribution in [0.3, 0.4) is 0 Å². The summed E-state index contributed by atoms with van der Waals surface area (Å²) < 4.78 is 7.45. The molecule has 28 heavy (non-hydrogen) atoms. The molecular weight excluding hydrogens is 422 g/mol. The van der Waals surface area contributed by atoms with Gasteiger partial charge < -0.3 is 10.1 Å². The third-order valence-corrected chi connectivity index (χ3v) is 4.63. The summed E-state index contributed by atoms with van der Waals surface area (Å²) in [4.78, 5) is 24.2. The Labute approximate surface area is 171 Å². The van der Waals surface area contributed by atoms with Crippen LogP contribution in [0.15, 0.2) is 69.9 Å². The molecule has 1 amide bonds. The molecule has 3 aromatic rings. The molecule has 0 fully saturated rings. The summed E-state index contributed by atoms with van der Waals surface area (Å²) in [5.41, 5.74) is 2.13. The molecule has 7 heteroatoms. The second-order valence-electron chi connectivity index (χ2n) is 6.17. The van der Waals surface area contributed by atoms with E-state index in [1.807, 2.05) is 48.5 Å². The SMILES string of the molecule is COc1ccc(-c2ccc(=O)n(CCCC(=O)Nc3cccc(Br)c3)n2)cc1. The first-order chi connectivity index (χ1) is 13.5. The summed E-state index contributed by atoms with van der Waals surface area (Å²) in [5.74, 6) is 0.658. The van der Waals surface area contributed by atoms with Gasteiger partial charge in [-0.3, -0.25) is 9.59 Å². The molecule has 1 aromatic heterocycles. The van der Waals surface area contributed by atoms with E-state index in [0.29, 0.717) is 25.1 Å². The number of methoxy groups -OCH3 is 1. The van der Waals surface area contributed by atoms with E-state index in [0.717, 1.165) is 21.5 Å². The lowest BCUT2D eigenvalue weighted by Crippen LogP contribution is -2.23. The highest BCUT2D eigenvalue weighted by Crippen LogP contribution is 2.19. The first-order valence-electron chi connectivity index (χ1n) is 8.83. The predicted octanol–water partition coefficient (Wildman–Crippen LogP) is 4.10. The fourth-order valence-electron chi connectivity index (χ4n) is 2.70. The van der Waals surface area contributed by atoms with E-state index < -0.39 is 0 Å². The van der Waals surface area contributed by atoms with Gasteiger partial charge in [-0.1, -0.05) is 22.0 Å². The van der Waals surface area contributed by atoms with Crippen molar-refractivity contribution in [1.82, 2.24) is 9.78 Å². The zero-order valence-electron chi connectivity index (χ0n) is 15.4. The number of anilines is 1. The quantitative estimate of drug-likeness (QED) is 0.598. The molecule has 2 aromatic carbocycles. The fourth-order valence-corrected chi connectivity index (χ4v) is 3.10. The van der Waals surface area contributed by atoms with Crippen LogP contribution in [0.5, 0.6) is 5.75 Å². The maximum absolute atomic E-state index is 12.1. The van der Waals surface area contributed by atoms with Crippen LogP contribution in [-0.2, 0) is 11.3 Å². The standard InChI is InChI=1S/C21H20BrN3O3/c1-28-18-9-7-15(8-10-18)19-11-12-21(27)25(24-19)13-3-6-20(26)23-17-5-2-4-16(22)14-17/h2,4-5,7-12,14H,3,6,13H2,1H3,(H,23,26). The number of hydrogen-bond acceptors (Lipinski definition) is 4. The number of nitrogens with zero attached hydrogens (tertiary/aromatic N) is 2. The molecule has 0 spiro atoms. The van der Waals surface area contributed by atoms with Crippen molar-refractivity contribution in [3.63, 3.8) is 0 Å². The molecule has 0 saturated heterocycles. The van der Waals surface area contributed by atoms with Crippen molar-refractivity contribution in [2.24, 2.45) is 0 Å². The molecule has 0 aliphatic carbocycles. The van der Waals surface area contributed by atoms with Gasteiger partial charge in [0.2, 0.25) is 5.91 Å². The summed E-state index contributed by atoms with van der Waals surface area (Å²) in [6, 6.07) is 18.1. The lowest BCUT2D eigenvalue weighted by molar-refractivity contribution is -0.116. The van der Waals surface area contributed by atoms with Gasteiger partial charge in [-0.25, -0.2) is 4.68 Å². The highest BCUT2D eigenvalue weighted by molar-refractivity contribution is 9.10. The molecule has 0 radical (unpaired) electrons. The zero-order chi connectivity index (χ0) is 19.9. The third-order valence-electron chi connectivity index (χ3n) is 4.13. The summed E-state index contributed by atoms with van der Waals surface area (Å²) >= 11 is 3.37. The number of hydrogen-bond donors (Lipinski definition) is 1. The van der Waals surface area contributed by atoms with Gasteiger partial charge in [-0.05, 0) is 55.0 Å². The van der Waals surface area contributed by atoms with Crippen LogP contribution in [-0.4, -0.2) is 22.8 Å². The summed E-state index contributed by atoms with van der Waals surface area (Å²) in [6.45, 7) is 0.370. The Bertz CT molecular complexity index is 1020. The number of carbonyl (C=O) groups excluding carboxylic acids is 1. The largest absolute Gasteiger partial charge is 0.497 e. The molecule has 6 nitrogen and oxygen atoms in total. The number of amides is 1. The fraction of sp³-hybridized carbons (Fsp3) is 0.190. The summed E-state index contributed by atoms with van der Waals surface area (Å²) in [7, 11) is 1.61. The number of aromatic nitrogens is 2. The van der Waals surface area contributed by atoms with Crippen LogP contribution in [0.25, 0.3) is 11.3 Å². The van der Waals surface area contributed by atoms with E-state index in [9.17, 15) is 9.59 Å². The average molecular weight is 442 g/mol. The average Bonchev–Trinajstić information content (AvgIpc) is 2.69. The van der Waals surface area contributed by atoms with Crippen molar-refractivity contribution in [3.05, 3.63) is 75.5 Å². The third kappa shape index (κ3) is 5.29. The monoisotopic (exact) mass is 441 g/mol. The van der Waals surface area contributed by atoms with Crippen LogP contribution in [0.1, 0.15) is 12.8 Å². The molecule has 0 aliphatic heterocycles. The van der Waals surface area contributed by atoms with E-state index in [2.05, 4.69) is 26.3 Å². The Hall–Kier alpha value is -2.93. The van der Waals surface area contributed by atoms with E-state index >= 15 is 0 Å². The molecule has 0 unspecified atom stereocenters. The van der Waals surface area contributed by atoms with Gasteiger partial charge >= 0.3 is 0 Å². The lowest BCUT2D eigenvalue weighted by Gasteiger charge is -2.08. The number of benzene rings is 2. The van der Waals surface area contributed by atoms with Crippen LogP contribution in [0, 0.1) is 0 Å². The highest BCUT2D eigenvalue weighted by atomic mass is 79.9. The van der Waals surface area contributed by atoms with Crippen LogP contribution in [0.2, 0.25) is 0 Å². The Morgan fingerprint density at radius 1 is 1.14 bits per heavy atom. The summed E-state index contributed by atoms with van der Waals surface area (Å²) in [6.07, 6.45) is 0.812. The van der Waals surface area contributed by atoms with Gasteiger partial charge in [-0.15, -0.1) is 0 Å². The minimum atomic E-state index is -0.190. The van der Waals surface area contributed by atoms with Crippen LogP contribution >= 0.6 is 15.9 Å². The zero-order valence-corrected chi connectivity index (χ0v) is 17.0. The first kappa shape index (κ1) is 19.8. The van der Waals surface area contributed by atoms with Crippen molar-refractivity contribution in [1.29, 1.82) is 0 Å². The smallest absolute Gasteiger partial charge is 0.266 e. The highest BCUT2D eigenvalue weighted by Gasteiger charge is 2.07. The van der Waals surface area contributed by atoms with Gasteiger partial charge in [0.05, 0.1) is 12.8 Å². The van der Waals surface area contributed by atoms with Crippen LogP contribution in [0.4, 0.5) is 5.69 Å². The van der Waals surface area contributed by atoms with Gasteiger partial charge in [0.1, 0.15) is 5.75 Å². The maximum atomic E-state index is 12.1. The van der Waals surface area contributed by atoms with Gasteiger partial charge in [-0.2, -0.15) is 5.10 Å². The topological polar surface area (TPSA) is 73.2 Å². The molecule has 3 rings (SSSR count). The van der Waals surface area contributed by atoms with E-state index in [1.54, 1.807) is 13.2 Å². The number of carbonyl (C=O) groups is 1. The van der Waals surface area contributed by atoms with Crippen molar-refractivity contribution < 1.29 is 9.53 Å². The second kappa shape index (κ2) is 9.32. The van der Waals surface area contributed by atoms with Gasteiger partial charge in [0.15, 0.2) is 0 Å². The number of rotatable bonds is 7. The normalized spacial score (nSPS) is 10.5. The molecule has 1 heterocycles. The van der Waals surface area contributed by atoms with Crippen molar-refractivity contribution in [2.75, 3.05) is 12.4 Å². The van der Waals surface area contributed by atoms with Gasteiger partial charge in [0, 0.05) is 34.8 Å². The van der Waals surface area contributed by atoms with Crippen molar-refractivity contribution in [2.45, 2.75) is 19.4 Å². The Morgan fingerprint density at radius 3 is 2.64 bits per heavy atom. The van der Waals surface area contributed by atoms with E-state index in [4.69, 9.17) is 4.74 Å². The molecule has 144 valence electrons. The molecule has 1 N–H and O–H groups in total. The maximum Gasteiger partial charge on any atom is 0.266 e. The van der Waals surface area contributed by atoms with Gasteiger partial charge in [0.25, 0.3) is 5.56 Å². The molecule has 0 saturated carbocycles. The predicted molar refractivity (Wildman–Crippen MR) is 112 cm³/mol. The van der Waals surface area contributed by atoms with Crippen LogP contribution < -0.4 is 15.6 Å². The Kier molecular flexibility index (Phi) is 6.60. The molecular formula is C21H20BrN3O3. The van der Waals surface area contributed by atoms with Crippen molar-refractivity contribution >= 4 is 27.5 Å². The van der Waals surface area contributed by atoms with E-state index in [-0.39, 0.29) is 11.5 Å². The summed E-state index contributed by atoms with van der Waals surface area (Å²) in [5, 5.41) is 7.26. The first-order valence-corrected chi connectivity index (χ1v) is 9.62. The Morgan fingerprint density at radius 2 is 1.93 bits per heavy atom. The Balaban J connectivity index is 1.60. The second-order valence-corrected chi connectivity index (χ2v) is 7.09. The number of nitrogens with one attached hydrogen (secondary N) is 1. The molecule has 0 bridgehead atoms. The number of halogens is 1. The van der Waals surface area contributed by atoms with E-state index in [1.165, 1.54) is 10.7 Å². The minimum absolute atomic E-state index is 0.0996. The lowest BCUT2D eigenvalue weighted by atomic mass is 10.1. The van der Waals surface area contributed by atoms with Crippen molar-refractivity contribution in [3.8, 4) is 17.0 Å².